The minimum Gasteiger partial charge on any atom is -0.341 e. The Hall–Kier alpha value is -0.870. The predicted octanol–water partition coefficient (Wildman–Crippen LogP) is 3.25. The van der Waals surface area contributed by atoms with Crippen molar-refractivity contribution in [2.75, 3.05) is 13.6 Å². The van der Waals surface area contributed by atoms with E-state index in [9.17, 15) is 4.79 Å². The van der Waals surface area contributed by atoms with Crippen molar-refractivity contribution in [1.29, 1.82) is 0 Å². The highest BCUT2D eigenvalue weighted by Gasteiger charge is 2.13. The summed E-state index contributed by atoms with van der Waals surface area (Å²) in [6.07, 6.45) is 5.00. The molecule has 0 bridgehead atoms. The molecule has 2 N–H and O–H groups in total. The average Bonchev–Trinajstić information content (AvgIpc) is 2.89. The van der Waals surface area contributed by atoms with Gasteiger partial charge in [-0.2, -0.15) is 11.3 Å². The summed E-state index contributed by atoms with van der Waals surface area (Å²) in [5.74, 6) is 0.845. The Morgan fingerprint density at radius 3 is 2.79 bits per heavy atom. The fourth-order valence-corrected chi connectivity index (χ4v) is 3.00. The number of hydrogen-bond acceptors (Lipinski definition) is 3. The molecule has 4 heteroatoms. The largest absolute Gasteiger partial charge is 0.341 e. The van der Waals surface area contributed by atoms with Crippen LogP contribution in [0.3, 0.4) is 0 Å². The molecule has 0 aromatic carbocycles. The van der Waals surface area contributed by atoms with Crippen LogP contribution in [0.1, 0.15) is 44.6 Å². The summed E-state index contributed by atoms with van der Waals surface area (Å²) in [5.41, 5.74) is 6.84. The number of amides is 1. The molecule has 1 aromatic heterocycles. The maximum Gasteiger partial charge on any atom is 0.222 e. The van der Waals surface area contributed by atoms with E-state index in [-0.39, 0.29) is 5.91 Å². The summed E-state index contributed by atoms with van der Waals surface area (Å²) < 4.78 is 0. The van der Waals surface area contributed by atoms with Gasteiger partial charge >= 0.3 is 0 Å². The van der Waals surface area contributed by atoms with E-state index in [4.69, 9.17) is 5.73 Å². The number of rotatable bonds is 9. The van der Waals surface area contributed by atoms with Gasteiger partial charge < -0.3 is 10.6 Å². The van der Waals surface area contributed by atoms with Crippen molar-refractivity contribution < 1.29 is 4.79 Å². The third-order valence-corrected chi connectivity index (χ3v) is 4.20. The molecule has 1 rings (SSSR count). The maximum absolute atomic E-state index is 12.1. The van der Waals surface area contributed by atoms with Crippen LogP contribution in [0.4, 0.5) is 0 Å². The maximum atomic E-state index is 12.1. The fraction of sp³-hybridized carbons (Fsp3) is 0.667. The second kappa shape index (κ2) is 9.10. The predicted molar refractivity (Wildman–Crippen MR) is 82.1 cm³/mol. The molecule has 0 aliphatic heterocycles. The molecule has 0 saturated heterocycles. The van der Waals surface area contributed by atoms with E-state index in [1.54, 1.807) is 11.3 Å². The van der Waals surface area contributed by atoms with Crippen LogP contribution in [0.2, 0.25) is 0 Å². The number of nitrogens with zero attached hydrogens (tertiary/aromatic N) is 1. The number of hydrogen-bond donors (Lipinski definition) is 1. The van der Waals surface area contributed by atoms with E-state index < -0.39 is 0 Å². The number of carbonyl (C=O) groups excluding carboxylic acids is 1. The molecule has 0 aliphatic carbocycles. The van der Waals surface area contributed by atoms with Crippen LogP contribution in [0.25, 0.3) is 0 Å². The first-order valence-electron chi connectivity index (χ1n) is 7.12. The van der Waals surface area contributed by atoms with E-state index in [1.807, 2.05) is 17.3 Å². The lowest BCUT2D eigenvalue weighted by Gasteiger charge is -2.19. The van der Waals surface area contributed by atoms with Crippen LogP contribution in [-0.4, -0.2) is 24.4 Å². The third kappa shape index (κ3) is 6.21. The molecule has 3 nitrogen and oxygen atoms in total. The average molecular weight is 282 g/mol. The van der Waals surface area contributed by atoms with Gasteiger partial charge in [0.2, 0.25) is 5.91 Å². The van der Waals surface area contributed by atoms with Crippen molar-refractivity contribution in [2.24, 2.45) is 11.7 Å². The van der Waals surface area contributed by atoms with Crippen molar-refractivity contribution in [2.45, 2.75) is 45.6 Å². The molecule has 1 heterocycles. The van der Waals surface area contributed by atoms with E-state index in [0.29, 0.717) is 12.3 Å². The topological polar surface area (TPSA) is 46.3 Å². The van der Waals surface area contributed by atoms with E-state index in [1.165, 1.54) is 18.4 Å². The van der Waals surface area contributed by atoms with Gasteiger partial charge in [0.25, 0.3) is 0 Å². The molecule has 19 heavy (non-hydrogen) atoms. The van der Waals surface area contributed by atoms with Crippen molar-refractivity contribution >= 4 is 17.2 Å². The number of thiophene rings is 1. The minimum atomic E-state index is 0.240. The Morgan fingerprint density at radius 1 is 1.42 bits per heavy atom. The van der Waals surface area contributed by atoms with Gasteiger partial charge in [-0.1, -0.05) is 19.8 Å². The zero-order chi connectivity index (χ0) is 14.1. The second-order valence-corrected chi connectivity index (χ2v) is 5.93. The summed E-state index contributed by atoms with van der Waals surface area (Å²) in [6.45, 7) is 3.63. The molecule has 1 amide bonds. The van der Waals surface area contributed by atoms with Crippen molar-refractivity contribution in [3.63, 3.8) is 0 Å². The van der Waals surface area contributed by atoms with Gasteiger partial charge in [-0.25, -0.2) is 0 Å². The first-order chi connectivity index (χ1) is 9.17. The van der Waals surface area contributed by atoms with Crippen LogP contribution in [0, 0.1) is 5.92 Å². The van der Waals surface area contributed by atoms with Gasteiger partial charge in [0.05, 0.1) is 0 Å². The normalized spacial score (nSPS) is 12.4. The molecule has 0 saturated carbocycles. The van der Waals surface area contributed by atoms with Crippen LogP contribution in [-0.2, 0) is 11.3 Å². The highest BCUT2D eigenvalue weighted by Crippen LogP contribution is 2.18. The van der Waals surface area contributed by atoms with Gasteiger partial charge in [-0.15, -0.1) is 0 Å². The van der Waals surface area contributed by atoms with E-state index in [2.05, 4.69) is 18.4 Å². The van der Waals surface area contributed by atoms with Crippen molar-refractivity contribution in [3.05, 3.63) is 22.4 Å². The molecule has 0 radical (unpaired) electrons. The van der Waals surface area contributed by atoms with E-state index in [0.717, 1.165) is 25.9 Å². The second-order valence-electron chi connectivity index (χ2n) is 5.15. The highest BCUT2D eigenvalue weighted by atomic mass is 32.1. The standard InChI is InChI=1S/C15H26N2OS/c1-3-4-13(7-9-16)5-6-15(18)17(2)11-14-8-10-19-12-14/h8,10,12-13H,3-7,9,11,16H2,1-2H3. The number of nitrogens with two attached hydrogens (primary N) is 1. The van der Waals surface area contributed by atoms with Gasteiger partial charge in [-0.3, -0.25) is 4.79 Å². The summed E-state index contributed by atoms with van der Waals surface area (Å²) in [6, 6.07) is 2.07. The molecule has 1 aromatic rings. The lowest BCUT2D eigenvalue weighted by atomic mass is 9.94. The lowest BCUT2D eigenvalue weighted by Crippen LogP contribution is -2.26. The van der Waals surface area contributed by atoms with Crippen LogP contribution >= 0.6 is 11.3 Å². The summed E-state index contributed by atoms with van der Waals surface area (Å²) in [7, 11) is 1.89. The van der Waals surface area contributed by atoms with Gasteiger partial charge in [-0.05, 0) is 47.7 Å². The van der Waals surface area contributed by atoms with Gasteiger partial charge in [0.15, 0.2) is 0 Å². The summed E-state index contributed by atoms with van der Waals surface area (Å²) in [5, 5.41) is 4.14. The van der Waals surface area contributed by atoms with E-state index >= 15 is 0 Å². The minimum absolute atomic E-state index is 0.240. The highest BCUT2D eigenvalue weighted by molar-refractivity contribution is 7.07. The summed E-state index contributed by atoms with van der Waals surface area (Å²) in [4.78, 5) is 13.9. The Labute approximate surface area is 120 Å². The Kier molecular flexibility index (Phi) is 7.75. The molecular formula is C15H26N2OS. The molecule has 0 fully saturated rings. The smallest absolute Gasteiger partial charge is 0.222 e. The molecule has 108 valence electrons. The van der Waals surface area contributed by atoms with Crippen LogP contribution < -0.4 is 5.73 Å². The first-order valence-corrected chi connectivity index (χ1v) is 8.06. The third-order valence-electron chi connectivity index (χ3n) is 3.46. The zero-order valence-electron chi connectivity index (χ0n) is 12.1. The SMILES string of the molecule is CCCC(CCN)CCC(=O)N(C)Cc1ccsc1. The number of carbonyl (C=O) groups is 1. The van der Waals surface area contributed by atoms with Crippen molar-refractivity contribution in [1.82, 2.24) is 4.90 Å². The quantitative estimate of drug-likeness (QED) is 0.755. The Balaban J connectivity index is 2.32. The molecule has 0 spiro atoms. The van der Waals surface area contributed by atoms with Gasteiger partial charge in [0.1, 0.15) is 0 Å². The Bertz CT molecular complexity index is 345. The zero-order valence-corrected chi connectivity index (χ0v) is 12.9. The molecule has 1 unspecified atom stereocenters. The fourth-order valence-electron chi connectivity index (χ4n) is 2.34. The first kappa shape index (κ1) is 16.2. The van der Waals surface area contributed by atoms with Crippen LogP contribution in [0.15, 0.2) is 16.8 Å². The molecule has 1 atom stereocenters. The van der Waals surface area contributed by atoms with Crippen LogP contribution in [0.5, 0.6) is 0 Å². The lowest BCUT2D eigenvalue weighted by molar-refractivity contribution is -0.130. The Morgan fingerprint density at radius 2 is 2.21 bits per heavy atom. The molecular weight excluding hydrogens is 256 g/mol. The monoisotopic (exact) mass is 282 g/mol. The van der Waals surface area contributed by atoms with Crippen molar-refractivity contribution in [3.8, 4) is 0 Å². The van der Waals surface area contributed by atoms with Gasteiger partial charge in [0, 0.05) is 20.0 Å². The molecule has 0 aliphatic rings. The summed E-state index contributed by atoms with van der Waals surface area (Å²) >= 11 is 1.67.